The molecule has 1 saturated heterocycles. The maximum absolute atomic E-state index is 11.1. The molecule has 2 rings (SSSR count). The molecule has 0 aromatic heterocycles. The zero-order chi connectivity index (χ0) is 13.0. The Bertz CT molecular complexity index is 426. The molecule has 98 valence electrons. The van der Waals surface area contributed by atoms with Gasteiger partial charge in [0.15, 0.2) is 0 Å². The molecule has 18 heavy (non-hydrogen) atoms. The first kappa shape index (κ1) is 13.1. The maximum atomic E-state index is 11.1. The topological polar surface area (TPSA) is 50.4 Å². The van der Waals surface area contributed by atoms with Crippen molar-refractivity contribution in [2.75, 3.05) is 18.5 Å². The minimum Gasteiger partial charge on any atom is -0.379 e. The second-order valence-corrected chi connectivity index (χ2v) is 5.06. The average Bonchev–Trinajstić information content (AvgIpc) is 2.75. The van der Waals surface area contributed by atoms with Crippen molar-refractivity contribution >= 4 is 11.6 Å². The second kappa shape index (κ2) is 5.50. The quantitative estimate of drug-likeness (QED) is 0.856. The largest absolute Gasteiger partial charge is 0.379 e. The number of rotatable bonds is 4. The predicted molar refractivity (Wildman–Crippen MR) is 71.4 cm³/mol. The number of para-hydroxylation sites is 1. The summed E-state index contributed by atoms with van der Waals surface area (Å²) in [4.78, 5) is 11.1. The molecule has 0 spiro atoms. The maximum Gasteiger partial charge on any atom is 0.221 e. The summed E-state index contributed by atoms with van der Waals surface area (Å²) in [5.74, 6) is -0.0436. The van der Waals surface area contributed by atoms with Gasteiger partial charge in [-0.25, -0.2) is 0 Å². The van der Waals surface area contributed by atoms with E-state index < -0.39 is 0 Å². The molecule has 4 nitrogen and oxygen atoms in total. The number of hydrogen-bond acceptors (Lipinski definition) is 3. The minimum absolute atomic E-state index is 0.0436. The van der Waals surface area contributed by atoms with Crippen molar-refractivity contribution in [1.29, 1.82) is 0 Å². The van der Waals surface area contributed by atoms with Gasteiger partial charge in [-0.05, 0) is 25.0 Å². The van der Waals surface area contributed by atoms with Crippen LogP contribution in [-0.4, -0.2) is 24.7 Å². The van der Waals surface area contributed by atoms with E-state index in [-0.39, 0.29) is 11.4 Å². The molecule has 1 fully saturated rings. The van der Waals surface area contributed by atoms with Crippen molar-refractivity contribution in [3.63, 3.8) is 0 Å². The van der Waals surface area contributed by atoms with E-state index in [1.54, 1.807) is 0 Å². The molecule has 0 saturated carbocycles. The Hall–Kier alpha value is -1.39. The second-order valence-electron chi connectivity index (χ2n) is 5.06. The lowest BCUT2D eigenvalue weighted by atomic mass is 10.0. The smallest absolute Gasteiger partial charge is 0.221 e. The molecule has 0 aliphatic carbocycles. The first-order valence-electron chi connectivity index (χ1n) is 6.27. The number of carbonyl (C=O) groups is 1. The van der Waals surface area contributed by atoms with E-state index in [1.807, 2.05) is 24.3 Å². The molecule has 1 heterocycles. The predicted octanol–water partition coefficient (Wildman–Crippen LogP) is 1.91. The van der Waals surface area contributed by atoms with Gasteiger partial charge >= 0.3 is 0 Å². The molecule has 4 heteroatoms. The van der Waals surface area contributed by atoms with Gasteiger partial charge in [-0.15, -0.1) is 0 Å². The van der Waals surface area contributed by atoms with E-state index in [1.165, 1.54) is 6.92 Å². The van der Waals surface area contributed by atoms with E-state index in [9.17, 15) is 4.79 Å². The standard InChI is InChI=1S/C14H20N2O2/c1-11(17)16-13-6-4-3-5-12(13)9-15-14(2)7-8-18-10-14/h3-6,15H,7-10H2,1-2H3,(H,16,17). The van der Waals surface area contributed by atoms with E-state index in [0.29, 0.717) is 0 Å². The Labute approximate surface area is 108 Å². The normalized spacial score (nSPS) is 23.0. The average molecular weight is 248 g/mol. The van der Waals surface area contributed by atoms with E-state index in [4.69, 9.17) is 4.74 Å². The van der Waals surface area contributed by atoms with Crippen LogP contribution in [0.3, 0.4) is 0 Å². The first-order chi connectivity index (χ1) is 8.59. The molecule has 1 aromatic rings. The fourth-order valence-corrected chi connectivity index (χ4v) is 2.10. The zero-order valence-electron chi connectivity index (χ0n) is 11.0. The van der Waals surface area contributed by atoms with Crippen LogP contribution in [0.5, 0.6) is 0 Å². The SMILES string of the molecule is CC(=O)Nc1ccccc1CNC1(C)CCOC1. The summed E-state index contributed by atoms with van der Waals surface area (Å²) in [6, 6.07) is 7.86. The lowest BCUT2D eigenvalue weighted by molar-refractivity contribution is -0.114. The van der Waals surface area contributed by atoms with Crippen molar-refractivity contribution in [2.45, 2.75) is 32.4 Å². The van der Waals surface area contributed by atoms with Crippen molar-refractivity contribution in [2.24, 2.45) is 0 Å². The highest BCUT2D eigenvalue weighted by Crippen LogP contribution is 2.20. The number of benzene rings is 1. The third-order valence-corrected chi connectivity index (χ3v) is 3.25. The van der Waals surface area contributed by atoms with Gasteiger partial charge in [0.25, 0.3) is 0 Å². The Morgan fingerprint density at radius 2 is 2.22 bits per heavy atom. The fraction of sp³-hybridized carbons (Fsp3) is 0.500. The summed E-state index contributed by atoms with van der Waals surface area (Å²) < 4.78 is 5.41. The molecule has 1 unspecified atom stereocenters. The molecule has 1 aliphatic rings. The van der Waals surface area contributed by atoms with Gasteiger partial charge in [0.05, 0.1) is 6.61 Å². The van der Waals surface area contributed by atoms with Crippen LogP contribution in [0.25, 0.3) is 0 Å². The lowest BCUT2D eigenvalue weighted by Crippen LogP contribution is -2.42. The van der Waals surface area contributed by atoms with Crippen LogP contribution in [0.4, 0.5) is 5.69 Å². The lowest BCUT2D eigenvalue weighted by Gasteiger charge is -2.24. The molecule has 0 radical (unpaired) electrons. The summed E-state index contributed by atoms with van der Waals surface area (Å²) in [5, 5.41) is 6.36. The van der Waals surface area contributed by atoms with Crippen LogP contribution in [0.15, 0.2) is 24.3 Å². The number of hydrogen-bond donors (Lipinski definition) is 2. The minimum atomic E-state index is -0.0436. The molecule has 1 atom stereocenters. The van der Waals surface area contributed by atoms with Gasteiger partial charge in [0.2, 0.25) is 5.91 Å². The van der Waals surface area contributed by atoms with Gasteiger partial charge in [-0.2, -0.15) is 0 Å². The van der Waals surface area contributed by atoms with Gasteiger partial charge in [-0.3, -0.25) is 4.79 Å². The number of amides is 1. The van der Waals surface area contributed by atoms with E-state index in [0.717, 1.165) is 37.4 Å². The van der Waals surface area contributed by atoms with Crippen LogP contribution in [0.1, 0.15) is 25.8 Å². The van der Waals surface area contributed by atoms with Gasteiger partial charge in [0.1, 0.15) is 0 Å². The van der Waals surface area contributed by atoms with Crippen LogP contribution in [0.2, 0.25) is 0 Å². The first-order valence-corrected chi connectivity index (χ1v) is 6.27. The number of nitrogens with one attached hydrogen (secondary N) is 2. The zero-order valence-corrected chi connectivity index (χ0v) is 11.0. The molecule has 0 bridgehead atoms. The highest BCUT2D eigenvalue weighted by atomic mass is 16.5. The fourth-order valence-electron chi connectivity index (χ4n) is 2.10. The summed E-state index contributed by atoms with van der Waals surface area (Å²) in [7, 11) is 0. The number of carbonyl (C=O) groups excluding carboxylic acids is 1. The summed E-state index contributed by atoms with van der Waals surface area (Å²) in [6.45, 7) is 5.99. The van der Waals surface area contributed by atoms with Crippen LogP contribution in [-0.2, 0) is 16.1 Å². The van der Waals surface area contributed by atoms with Crippen molar-refractivity contribution in [3.8, 4) is 0 Å². The summed E-state index contributed by atoms with van der Waals surface area (Å²) in [6.07, 6.45) is 1.02. The van der Waals surface area contributed by atoms with E-state index in [2.05, 4.69) is 17.6 Å². The molecular weight excluding hydrogens is 228 g/mol. The summed E-state index contributed by atoms with van der Waals surface area (Å²) >= 11 is 0. The highest BCUT2D eigenvalue weighted by molar-refractivity contribution is 5.89. The number of ether oxygens (including phenoxy) is 1. The van der Waals surface area contributed by atoms with Crippen LogP contribution < -0.4 is 10.6 Å². The Morgan fingerprint density at radius 3 is 2.89 bits per heavy atom. The number of anilines is 1. The molecule has 2 N–H and O–H groups in total. The molecule has 1 aliphatic heterocycles. The van der Waals surface area contributed by atoms with Gasteiger partial charge < -0.3 is 15.4 Å². The Kier molecular flexibility index (Phi) is 3.99. The van der Waals surface area contributed by atoms with Gasteiger partial charge in [0, 0.05) is 31.3 Å². The highest BCUT2D eigenvalue weighted by Gasteiger charge is 2.28. The molecule has 1 amide bonds. The van der Waals surface area contributed by atoms with Crippen molar-refractivity contribution < 1.29 is 9.53 Å². The van der Waals surface area contributed by atoms with Gasteiger partial charge in [-0.1, -0.05) is 18.2 Å². The monoisotopic (exact) mass is 248 g/mol. The van der Waals surface area contributed by atoms with Crippen LogP contribution in [0, 0.1) is 0 Å². The van der Waals surface area contributed by atoms with E-state index >= 15 is 0 Å². The van der Waals surface area contributed by atoms with Crippen molar-refractivity contribution in [3.05, 3.63) is 29.8 Å². The summed E-state index contributed by atoms with van der Waals surface area (Å²) in [5.41, 5.74) is 2.02. The Balaban J connectivity index is 2.02. The third-order valence-electron chi connectivity index (χ3n) is 3.25. The van der Waals surface area contributed by atoms with Crippen molar-refractivity contribution in [1.82, 2.24) is 5.32 Å². The third kappa shape index (κ3) is 3.31. The molecular formula is C14H20N2O2. The molecule has 1 aromatic carbocycles. The Morgan fingerprint density at radius 1 is 1.44 bits per heavy atom. The van der Waals surface area contributed by atoms with Crippen LogP contribution >= 0.6 is 0 Å².